The van der Waals surface area contributed by atoms with Crippen molar-refractivity contribution in [3.05, 3.63) is 0 Å². The van der Waals surface area contributed by atoms with Crippen LogP contribution in [0.15, 0.2) is 4.99 Å². The Morgan fingerprint density at radius 1 is 1.61 bits per heavy atom. The number of nitrogens with one attached hydrogen (secondary N) is 2. The van der Waals surface area contributed by atoms with Crippen molar-refractivity contribution < 1.29 is 14.3 Å². The van der Waals surface area contributed by atoms with Crippen molar-refractivity contribution in [3.8, 4) is 0 Å². The molecule has 3 unspecified atom stereocenters. The van der Waals surface area contributed by atoms with E-state index in [1.165, 1.54) is 0 Å². The molecule has 0 aromatic heterocycles. The van der Waals surface area contributed by atoms with Gasteiger partial charge >= 0.3 is 0 Å². The molecule has 2 saturated heterocycles. The number of amides is 2. The van der Waals surface area contributed by atoms with Gasteiger partial charge in [0.1, 0.15) is 18.4 Å². The Hall–Kier alpha value is -1.47. The molecule has 2 N–H and O–H groups in total. The second-order valence-electron chi connectivity index (χ2n) is 4.42. The van der Waals surface area contributed by atoms with Crippen molar-refractivity contribution in [2.45, 2.75) is 31.3 Å². The van der Waals surface area contributed by atoms with Crippen molar-refractivity contribution in [1.82, 2.24) is 15.5 Å². The quantitative estimate of drug-likeness (QED) is 0.611. The van der Waals surface area contributed by atoms with E-state index in [-0.39, 0.29) is 37.4 Å². The Bertz CT molecular complexity index is 360. The molecule has 0 saturated carbocycles. The van der Waals surface area contributed by atoms with Crippen LogP contribution in [0.4, 0.5) is 0 Å². The molecule has 0 aromatic carbocycles. The Morgan fingerprint density at radius 3 is 3.06 bits per heavy atom. The molecule has 0 spiro atoms. The van der Waals surface area contributed by atoms with Crippen LogP contribution in [-0.4, -0.2) is 62.1 Å². The van der Waals surface area contributed by atoms with E-state index >= 15 is 0 Å². The molecule has 100 valence electrons. The molecule has 7 heteroatoms. The zero-order valence-corrected chi connectivity index (χ0v) is 10.4. The van der Waals surface area contributed by atoms with Crippen LogP contribution >= 0.6 is 0 Å². The summed E-state index contributed by atoms with van der Waals surface area (Å²) in [4.78, 5) is 29.2. The first-order valence-electron chi connectivity index (χ1n) is 6.01. The fourth-order valence-corrected chi connectivity index (χ4v) is 2.36. The number of ether oxygens (including phenoxy) is 1. The average molecular weight is 254 g/mol. The van der Waals surface area contributed by atoms with Gasteiger partial charge in [-0.05, 0) is 26.6 Å². The minimum atomic E-state index is -0.621. The largest absolute Gasteiger partial charge is 0.356 e. The van der Waals surface area contributed by atoms with Crippen molar-refractivity contribution in [1.29, 1.82) is 0 Å². The van der Waals surface area contributed by atoms with Gasteiger partial charge in [-0.1, -0.05) is 0 Å². The molecule has 18 heavy (non-hydrogen) atoms. The van der Waals surface area contributed by atoms with Crippen molar-refractivity contribution >= 4 is 18.5 Å². The van der Waals surface area contributed by atoms with Crippen molar-refractivity contribution in [2.75, 3.05) is 20.2 Å². The first-order valence-corrected chi connectivity index (χ1v) is 6.01. The molecular weight excluding hydrogens is 236 g/mol. The maximum absolute atomic E-state index is 12.2. The summed E-state index contributed by atoms with van der Waals surface area (Å²) in [5.41, 5.74) is 0. The number of likely N-dealkylation sites (N-methyl/N-ethyl adjacent to an activating group) is 1. The third-order valence-corrected chi connectivity index (χ3v) is 3.19. The number of hydrogen-bond acceptors (Lipinski definition) is 5. The molecule has 0 aromatic rings. The lowest BCUT2D eigenvalue weighted by Crippen LogP contribution is -2.59. The van der Waals surface area contributed by atoms with Gasteiger partial charge in [0.25, 0.3) is 5.91 Å². The van der Waals surface area contributed by atoms with E-state index in [9.17, 15) is 9.59 Å². The summed E-state index contributed by atoms with van der Waals surface area (Å²) >= 11 is 0. The number of hydrogen-bond donors (Lipinski definition) is 2. The summed E-state index contributed by atoms with van der Waals surface area (Å²) in [6.07, 6.45) is 1.08. The smallest absolute Gasteiger partial charge is 0.251 e. The number of aliphatic imine (C=N–C) groups is 1. The zero-order valence-electron chi connectivity index (χ0n) is 10.4. The molecule has 0 radical (unpaired) electrons. The van der Waals surface area contributed by atoms with Crippen LogP contribution in [-0.2, 0) is 14.3 Å². The molecule has 3 atom stereocenters. The van der Waals surface area contributed by atoms with Gasteiger partial charge in [-0.2, -0.15) is 0 Å². The van der Waals surface area contributed by atoms with Gasteiger partial charge < -0.3 is 15.4 Å². The first-order chi connectivity index (χ1) is 8.67. The number of carbonyl (C=O) groups is 2. The predicted molar refractivity (Wildman–Crippen MR) is 65.0 cm³/mol. The summed E-state index contributed by atoms with van der Waals surface area (Å²) in [7, 11) is 1.67. The van der Waals surface area contributed by atoms with E-state index < -0.39 is 6.04 Å². The van der Waals surface area contributed by atoms with E-state index in [0.717, 1.165) is 12.8 Å². The van der Waals surface area contributed by atoms with Crippen LogP contribution in [0.1, 0.15) is 12.8 Å². The van der Waals surface area contributed by atoms with Gasteiger partial charge in [0.15, 0.2) is 0 Å². The van der Waals surface area contributed by atoms with Gasteiger partial charge in [-0.15, -0.1) is 0 Å². The van der Waals surface area contributed by atoms with Gasteiger partial charge in [-0.25, -0.2) is 0 Å². The Labute approximate surface area is 106 Å². The summed E-state index contributed by atoms with van der Waals surface area (Å²) in [6.45, 7) is 3.89. The van der Waals surface area contributed by atoms with Crippen LogP contribution in [0.2, 0.25) is 0 Å². The normalized spacial score (nSPS) is 31.1. The highest BCUT2D eigenvalue weighted by Gasteiger charge is 2.44. The van der Waals surface area contributed by atoms with E-state index in [0.29, 0.717) is 0 Å². The van der Waals surface area contributed by atoms with Crippen molar-refractivity contribution in [2.24, 2.45) is 4.99 Å². The molecule has 2 fully saturated rings. The minimum absolute atomic E-state index is 0.134. The number of nitrogens with zero attached hydrogens (tertiary/aromatic N) is 2. The standard InChI is InChI=1S/C11H18N4O3/c1-12-5-9(16)14-7-6-18-10-4-3-8(13-2)15(10)11(7)17/h7-8,10,12H,2-6H2,1H3,(H,14,16). The highest BCUT2D eigenvalue weighted by atomic mass is 16.5. The Morgan fingerprint density at radius 2 is 2.39 bits per heavy atom. The first kappa shape index (κ1) is 13.0. The lowest BCUT2D eigenvalue weighted by atomic mass is 10.2. The van der Waals surface area contributed by atoms with Crippen LogP contribution in [0.5, 0.6) is 0 Å². The second kappa shape index (κ2) is 5.45. The molecule has 0 bridgehead atoms. The molecule has 2 amide bonds. The zero-order chi connectivity index (χ0) is 13.1. The minimum Gasteiger partial charge on any atom is -0.356 e. The second-order valence-corrected chi connectivity index (χ2v) is 4.42. The molecule has 0 aliphatic carbocycles. The molecule has 7 nitrogen and oxygen atoms in total. The topological polar surface area (TPSA) is 83.0 Å². The number of carbonyl (C=O) groups excluding carboxylic acids is 2. The molecular formula is C11H18N4O3. The molecule has 2 aliphatic heterocycles. The van der Waals surface area contributed by atoms with E-state index in [2.05, 4.69) is 22.3 Å². The molecule has 2 aliphatic rings. The summed E-state index contributed by atoms with van der Waals surface area (Å²) < 4.78 is 5.58. The summed E-state index contributed by atoms with van der Waals surface area (Å²) in [5.74, 6) is -0.356. The Kier molecular flexibility index (Phi) is 3.93. The maximum Gasteiger partial charge on any atom is 0.251 e. The fourth-order valence-electron chi connectivity index (χ4n) is 2.36. The summed E-state index contributed by atoms with van der Waals surface area (Å²) in [6, 6.07) is -0.621. The Balaban J connectivity index is 2.01. The summed E-state index contributed by atoms with van der Waals surface area (Å²) in [5, 5.41) is 5.38. The lowest BCUT2D eigenvalue weighted by molar-refractivity contribution is -0.164. The van der Waals surface area contributed by atoms with Crippen LogP contribution < -0.4 is 10.6 Å². The average Bonchev–Trinajstić information content (AvgIpc) is 2.77. The monoisotopic (exact) mass is 254 g/mol. The fraction of sp³-hybridized carbons (Fsp3) is 0.727. The highest BCUT2D eigenvalue weighted by molar-refractivity contribution is 5.89. The van der Waals surface area contributed by atoms with E-state index in [4.69, 9.17) is 4.74 Å². The van der Waals surface area contributed by atoms with Gasteiger partial charge in [0, 0.05) is 0 Å². The van der Waals surface area contributed by atoms with Gasteiger partial charge in [-0.3, -0.25) is 19.5 Å². The van der Waals surface area contributed by atoms with Gasteiger partial charge in [0.2, 0.25) is 5.91 Å². The van der Waals surface area contributed by atoms with Crippen LogP contribution in [0, 0.1) is 0 Å². The van der Waals surface area contributed by atoms with Crippen molar-refractivity contribution in [3.63, 3.8) is 0 Å². The van der Waals surface area contributed by atoms with E-state index in [1.807, 2.05) is 0 Å². The maximum atomic E-state index is 12.2. The van der Waals surface area contributed by atoms with Gasteiger partial charge in [0.05, 0.1) is 13.2 Å². The third-order valence-electron chi connectivity index (χ3n) is 3.19. The highest BCUT2D eigenvalue weighted by Crippen LogP contribution is 2.29. The molecule has 2 rings (SSSR count). The predicted octanol–water partition coefficient (Wildman–Crippen LogP) is -1.30. The third kappa shape index (κ3) is 2.37. The van der Waals surface area contributed by atoms with E-state index in [1.54, 1.807) is 11.9 Å². The number of fused-ring (bicyclic) bond motifs is 1. The lowest BCUT2D eigenvalue weighted by Gasteiger charge is -2.36. The number of rotatable bonds is 4. The molecule has 2 heterocycles. The van der Waals surface area contributed by atoms with Crippen LogP contribution in [0.25, 0.3) is 0 Å². The van der Waals surface area contributed by atoms with Crippen LogP contribution in [0.3, 0.4) is 0 Å². The SMILES string of the molecule is C=NC1CCC2OCC(NC(=O)CNC)C(=O)N12.